The number of aryl methyl sites for hydroxylation is 1. The van der Waals surface area contributed by atoms with Gasteiger partial charge in [-0.1, -0.05) is 12.1 Å². The number of non-ortho nitro benzene ring substituents is 1. The van der Waals surface area contributed by atoms with Gasteiger partial charge >= 0.3 is 5.97 Å². The first-order valence-electron chi connectivity index (χ1n) is 10.3. The lowest BCUT2D eigenvalue weighted by atomic mass is 10.1. The van der Waals surface area contributed by atoms with Gasteiger partial charge in [-0.05, 0) is 56.7 Å². The van der Waals surface area contributed by atoms with Crippen LogP contribution in [-0.2, 0) is 16.0 Å². The Labute approximate surface area is 190 Å². The number of rotatable bonds is 8. The second-order valence-corrected chi connectivity index (χ2v) is 7.32. The van der Waals surface area contributed by atoms with Gasteiger partial charge in [-0.25, -0.2) is 10.2 Å². The van der Waals surface area contributed by atoms with Crippen LogP contribution in [0.25, 0.3) is 5.69 Å². The number of nitrogens with zero attached hydrogens (tertiary/aromatic N) is 3. The Kier molecular flexibility index (Phi) is 7.34. The fourth-order valence-electron chi connectivity index (χ4n) is 3.41. The van der Waals surface area contributed by atoms with Crippen LogP contribution in [0.1, 0.15) is 39.8 Å². The average Bonchev–Trinajstić information content (AvgIpc) is 3.07. The van der Waals surface area contributed by atoms with Gasteiger partial charge in [0.1, 0.15) is 0 Å². The van der Waals surface area contributed by atoms with Gasteiger partial charge in [0.15, 0.2) is 0 Å². The SMILES string of the molecule is CCOC(=O)c1ccc(-n2c(C)cc(/C=N\NC(=O)Cc3ccc([N+](=O)[O-])cc3)c2C)cc1. The molecular formula is C24H24N4O5. The summed E-state index contributed by atoms with van der Waals surface area (Å²) in [4.78, 5) is 34.2. The number of carbonyl (C=O) groups is 2. The third-order valence-electron chi connectivity index (χ3n) is 5.01. The van der Waals surface area contributed by atoms with Crippen LogP contribution in [0.5, 0.6) is 0 Å². The van der Waals surface area contributed by atoms with Crippen LogP contribution in [0, 0.1) is 24.0 Å². The van der Waals surface area contributed by atoms with E-state index in [1.54, 1.807) is 37.4 Å². The zero-order chi connectivity index (χ0) is 24.0. The molecule has 1 aromatic heterocycles. The van der Waals surface area contributed by atoms with Crippen molar-refractivity contribution in [3.05, 3.63) is 92.8 Å². The zero-order valence-electron chi connectivity index (χ0n) is 18.6. The van der Waals surface area contributed by atoms with E-state index in [0.717, 1.165) is 22.6 Å². The maximum atomic E-state index is 12.1. The van der Waals surface area contributed by atoms with Crippen molar-refractivity contribution in [1.82, 2.24) is 9.99 Å². The predicted molar refractivity (Wildman–Crippen MR) is 124 cm³/mol. The van der Waals surface area contributed by atoms with E-state index in [1.807, 2.05) is 36.6 Å². The molecule has 0 fully saturated rings. The monoisotopic (exact) mass is 448 g/mol. The molecule has 33 heavy (non-hydrogen) atoms. The van der Waals surface area contributed by atoms with E-state index in [-0.39, 0.29) is 24.0 Å². The van der Waals surface area contributed by atoms with Crippen LogP contribution < -0.4 is 5.43 Å². The molecule has 2 aromatic carbocycles. The van der Waals surface area contributed by atoms with Crippen LogP contribution in [-0.4, -0.2) is 34.2 Å². The van der Waals surface area contributed by atoms with E-state index < -0.39 is 4.92 Å². The number of nitro groups is 1. The van der Waals surface area contributed by atoms with Gasteiger partial charge < -0.3 is 9.30 Å². The molecule has 0 bridgehead atoms. The maximum Gasteiger partial charge on any atom is 0.338 e. The van der Waals surface area contributed by atoms with Crippen LogP contribution in [0.2, 0.25) is 0 Å². The summed E-state index contributed by atoms with van der Waals surface area (Å²) in [6, 6.07) is 14.9. The molecule has 0 saturated carbocycles. The summed E-state index contributed by atoms with van der Waals surface area (Å²) in [6.07, 6.45) is 1.63. The Hall–Kier alpha value is -4.27. The summed E-state index contributed by atoms with van der Waals surface area (Å²) in [6.45, 7) is 5.98. The minimum absolute atomic E-state index is 0.0249. The molecule has 0 aliphatic heterocycles. The quantitative estimate of drug-likeness (QED) is 0.243. The number of aromatic nitrogens is 1. The Morgan fingerprint density at radius 2 is 1.79 bits per heavy atom. The smallest absolute Gasteiger partial charge is 0.338 e. The molecule has 1 amide bonds. The Morgan fingerprint density at radius 1 is 1.12 bits per heavy atom. The zero-order valence-corrected chi connectivity index (χ0v) is 18.6. The average molecular weight is 448 g/mol. The number of hydrogen-bond donors (Lipinski definition) is 1. The minimum Gasteiger partial charge on any atom is -0.462 e. The molecule has 3 aromatic rings. The van der Waals surface area contributed by atoms with Crippen molar-refractivity contribution in [2.45, 2.75) is 27.2 Å². The van der Waals surface area contributed by atoms with Crippen molar-refractivity contribution in [3.63, 3.8) is 0 Å². The van der Waals surface area contributed by atoms with E-state index >= 15 is 0 Å². The van der Waals surface area contributed by atoms with E-state index in [2.05, 4.69) is 10.5 Å². The minimum atomic E-state index is -0.487. The lowest BCUT2D eigenvalue weighted by molar-refractivity contribution is -0.384. The van der Waals surface area contributed by atoms with Gasteiger partial charge in [-0.15, -0.1) is 0 Å². The van der Waals surface area contributed by atoms with Gasteiger partial charge in [0.25, 0.3) is 5.69 Å². The first kappa shape index (κ1) is 23.4. The first-order valence-corrected chi connectivity index (χ1v) is 10.3. The van der Waals surface area contributed by atoms with Crippen LogP contribution in [0.4, 0.5) is 5.69 Å². The summed E-state index contributed by atoms with van der Waals surface area (Å²) in [5.41, 5.74) is 7.20. The third-order valence-corrected chi connectivity index (χ3v) is 5.01. The summed E-state index contributed by atoms with van der Waals surface area (Å²) in [5, 5.41) is 14.7. The van der Waals surface area contributed by atoms with Gasteiger partial charge in [0.05, 0.1) is 29.7 Å². The van der Waals surface area contributed by atoms with Gasteiger partial charge in [0, 0.05) is 34.8 Å². The summed E-state index contributed by atoms with van der Waals surface area (Å²) in [5.74, 6) is -0.689. The number of nitro benzene ring substituents is 1. The van der Waals surface area contributed by atoms with Crippen molar-refractivity contribution in [2.75, 3.05) is 6.61 Å². The van der Waals surface area contributed by atoms with E-state index in [0.29, 0.717) is 17.7 Å². The summed E-state index contributed by atoms with van der Waals surface area (Å²) in [7, 11) is 0. The molecule has 1 heterocycles. The highest BCUT2D eigenvalue weighted by Crippen LogP contribution is 2.20. The first-order chi connectivity index (χ1) is 15.8. The normalized spacial score (nSPS) is 10.9. The summed E-state index contributed by atoms with van der Waals surface area (Å²) < 4.78 is 7.04. The maximum absolute atomic E-state index is 12.1. The fraction of sp³-hybridized carbons (Fsp3) is 0.208. The Balaban J connectivity index is 1.66. The fourth-order valence-corrected chi connectivity index (χ4v) is 3.41. The highest BCUT2D eigenvalue weighted by Gasteiger charge is 2.12. The van der Waals surface area contributed by atoms with Crippen LogP contribution in [0.15, 0.2) is 59.7 Å². The number of hydrazone groups is 1. The molecule has 1 N–H and O–H groups in total. The molecule has 9 nitrogen and oxygen atoms in total. The van der Waals surface area contributed by atoms with Gasteiger partial charge in [0.2, 0.25) is 5.91 Å². The highest BCUT2D eigenvalue weighted by atomic mass is 16.6. The molecule has 0 radical (unpaired) electrons. The highest BCUT2D eigenvalue weighted by molar-refractivity contribution is 5.89. The van der Waals surface area contributed by atoms with Gasteiger partial charge in [-0.3, -0.25) is 14.9 Å². The lowest BCUT2D eigenvalue weighted by Crippen LogP contribution is -2.19. The third kappa shape index (κ3) is 5.70. The largest absolute Gasteiger partial charge is 0.462 e. The molecule has 0 aliphatic carbocycles. The van der Waals surface area contributed by atoms with Crippen molar-refractivity contribution in [3.8, 4) is 5.69 Å². The molecule has 0 saturated heterocycles. The van der Waals surface area contributed by atoms with Crippen LogP contribution >= 0.6 is 0 Å². The molecule has 0 spiro atoms. The van der Waals surface area contributed by atoms with Crippen LogP contribution in [0.3, 0.4) is 0 Å². The number of amides is 1. The summed E-state index contributed by atoms with van der Waals surface area (Å²) >= 11 is 0. The van der Waals surface area contributed by atoms with Crippen molar-refractivity contribution < 1.29 is 19.2 Å². The second-order valence-electron chi connectivity index (χ2n) is 7.32. The number of benzene rings is 2. The Bertz CT molecular complexity index is 1190. The molecular weight excluding hydrogens is 424 g/mol. The molecule has 170 valence electrons. The molecule has 9 heteroatoms. The molecule has 0 atom stereocenters. The van der Waals surface area contributed by atoms with E-state index in [9.17, 15) is 19.7 Å². The standard InChI is InChI=1S/C24H24N4O5/c1-4-33-24(30)19-7-11-21(12-8-19)27-16(2)13-20(17(27)3)15-25-26-23(29)14-18-5-9-22(10-6-18)28(31)32/h5-13,15H,4,14H2,1-3H3,(H,26,29)/b25-15-. The number of ether oxygens (including phenoxy) is 1. The van der Waals surface area contributed by atoms with E-state index in [1.165, 1.54) is 12.1 Å². The predicted octanol–water partition coefficient (Wildman–Crippen LogP) is 3.87. The Morgan fingerprint density at radius 3 is 2.39 bits per heavy atom. The molecule has 0 unspecified atom stereocenters. The molecule has 0 aliphatic rings. The van der Waals surface area contributed by atoms with E-state index in [4.69, 9.17) is 4.74 Å². The van der Waals surface area contributed by atoms with Gasteiger partial charge in [-0.2, -0.15) is 5.10 Å². The number of hydrogen-bond acceptors (Lipinski definition) is 6. The number of esters is 1. The number of carbonyl (C=O) groups excluding carboxylic acids is 2. The second kappa shape index (κ2) is 10.4. The molecule has 3 rings (SSSR count). The van der Waals surface area contributed by atoms with Crippen molar-refractivity contribution in [1.29, 1.82) is 0 Å². The number of nitrogens with one attached hydrogen (secondary N) is 1. The van der Waals surface area contributed by atoms with Crippen molar-refractivity contribution >= 4 is 23.8 Å². The lowest BCUT2D eigenvalue weighted by Gasteiger charge is -2.10. The van der Waals surface area contributed by atoms with Crippen molar-refractivity contribution in [2.24, 2.45) is 5.10 Å². The topological polar surface area (TPSA) is 116 Å².